The van der Waals surface area contributed by atoms with Crippen molar-refractivity contribution in [1.82, 2.24) is 9.47 Å². The Balaban J connectivity index is 1.95. The molecule has 0 radical (unpaired) electrons. The predicted molar refractivity (Wildman–Crippen MR) is 99.7 cm³/mol. The van der Waals surface area contributed by atoms with Gasteiger partial charge in [-0.1, -0.05) is 0 Å². The number of methoxy groups -OCH3 is 2. The minimum atomic E-state index is -1.01. The molecule has 0 spiro atoms. The van der Waals surface area contributed by atoms with Crippen LogP contribution >= 0.6 is 0 Å². The third kappa shape index (κ3) is 3.42. The molecule has 1 fully saturated rings. The Hall–Kier alpha value is -2.80. The molecule has 1 N–H and O–H groups in total. The quantitative estimate of drug-likeness (QED) is 0.872. The second-order valence-electron chi connectivity index (χ2n) is 6.72. The Morgan fingerprint density at radius 1 is 1.15 bits per heavy atom. The summed E-state index contributed by atoms with van der Waals surface area (Å²) in [5.74, 6) is -0.536. The summed E-state index contributed by atoms with van der Waals surface area (Å²) in [5.41, 5.74) is 3.09. The van der Waals surface area contributed by atoms with Gasteiger partial charge in [0.1, 0.15) is 11.8 Å². The van der Waals surface area contributed by atoms with Gasteiger partial charge in [0.25, 0.3) is 5.91 Å². The molecule has 1 aliphatic rings. The van der Waals surface area contributed by atoms with Crippen LogP contribution in [0.4, 0.5) is 0 Å². The number of hydrogen-bond donors (Lipinski definition) is 1. The maximum atomic E-state index is 13.1. The van der Waals surface area contributed by atoms with Gasteiger partial charge in [0.2, 0.25) is 0 Å². The fraction of sp³-hybridized carbons (Fsp3) is 0.400. The summed E-state index contributed by atoms with van der Waals surface area (Å²) < 4.78 is 12.5. The van der Waals surface area contributed by atoms with Crippen molar-refractivity contribution in [2.75, 3.05) is 20.8 Å². The largest absolute Gasteiger partial charge is 0.497 e. The summed E-state index contributed by atoms with van der Waals surface area (Å²) in [5, 5.41) is 9.48. The molecule has 1 aliphatic heterocycles. The summed E-state index contributed by atoms with van der Waals surface area (Å²) in [7, 11) is 3.15. The van der Waals surface area contributed by atoms with Crippen LogP contribution in [0.1, 0.15) is 28.2 Å². The number of aryl methyl sites for hydroxylation is 1. The maximum Gasteiger partial charge on any atom is 0.326 e. The van der Waals surface area contributed by atoms with Crippen molar-refractivity contribution in [3.8, 4) is 11.4 Å². The number of rotatable bonds is 5. The lowest BCUT2D eigenvalue weighted by atomic mass is 10.1. The predicted octanol–water partition coefficient (Wildman–Crippen LogP) is 2.42. The Kier molecular flexibility index (Phi) is 5.23. The molecule has 27 heavy (non-hydrogen) atoms. The van der Waals surface area contributed by atoms with Crippen LogP contribution in [0.3, 0.4) is 0 Å². The fourth-order valence-corrected chi connectivity index (χ4v) is 3.69. The van der Waals surface area contributed by atoms with Crippen molar-refractivity contribution < 1.29 is 24.2 Å². The van der Waals surface area contributed by atoms with Gasteiger partial charge in [-0.2, -0.15) is 0 Å². The molecule has 3 rings (SSSR count). The molecule has 2 heterocycles. The number of aromatic nitrogens is 1. The number of nitrogens with zero attached hydrogens (tertiary/aromatic N) is 2. The van der Waals surface area contributed by atoms with Crippen LogP contribution in [0.5, 0.6) is 5.75 Å². The molecule has 0 saturated carbocycles. The molecule has 0 aliphatic carbocycles. The van der Waals surface area contributed by atoms with Gasteiger partial charge in [0.15, 0.2) is 0 Å². The van der Waals surface area contributed by atoms with Gasteiger partial charge in [0, 0.05) is 37.2 Å². The highest BCUT2D eigenvalue weighted by atomic mass is 16.5. The van der Waals surface area contributed by atoms with E-state index >= 15 is 0 Å². The third-order valence-electron chi connectivity index (χ3n) is 5.13. The Labute approximate surface area is 158 Å². The minimum Gasteiger partial charge on any atom is -0.497 e. The normalized spacial score (nSPS) is 19.3. The average molecular weight is 372 g/mol. The van der Waals surface area contributed by atoms with E-state index in [-0.39, 0.29) is 18.6 Å². The van der Waals surface area contributed by atoms with E-state index in [1.807, 2.05) is 42.7 Å². The van der Waals surface area contributed by atoms with Crippen molar-refractivity contribution in [1.29, 1.82) is 0 Å². The standard InChI is InChI=1S/C20H24N2O5/c1-12-9-17(13(2)22(12)14-5-7-15(26-3)8-6-14)19(23)21-11-16(27-4)10-18(21)20(24)25/h5-9,16,18H,10-11H2,1-4H3,(H,24,25). The van der Waals surface area contributed by atoms with Crippen molar-refractivity contribution in [3.63, 3.8) is 0 Å². The Morgan fingerprint density at radius 2 is 1.81 bits per heavy atom. The molecule has 1 aromatic heterocycles. The topological polar surface area (TPSA) is 81.0 Å². The van der Waals surface area contributed by atoms with Crippen molar-refractivity contribution in [2.45, 2.75) is 32.4 Å². The Bertz CT molecular complexity index is 856. The highest BCUT2D eigenvalue weighted by Crippen LogP contribution is 2.27. The molecule has 1 aromatic carbocycles. The number of hydrogen-bond acceptors (Lipinski definition) is 4. The molecular weight excluding hydrogens is 348 g/mol. The second kappa shape index (κ2) is 7.44. The lowest BCUT2D eigenvalue weighted by molar-refractivity contribution is -0.141. The number of ether oxygens (including phenoxy) is 2. The van der Waals surface area contributed by atoms with Gasteiger partial charge in [0.05, 0.1) is 18.8 Å². The first kappa shape index (κ1) is 19.0. The zero-order valence-corrected chi connectivity index (χ0v) is 15.9. The lowest BCUT2D eigenvalue weighted by Gasteiger charge is -2.21. The first-order valence-corrected chi connectivity index (χ1v) is 8.77. The van der Waals surface area contributed by atoms with E-state index in [1.54, 1.807) is 13.2 Å². The van der Waals surface area contributed by atoms with E-state index in [0.29, 0.717) is 12.0 Å². The Morgan fingerprint density at radius 3 is 2.37 bits per heavy atom. The number of carboxylic acid groups (broad SMARTS) is 1. The number of aliphatic carboxylic acids is 1. The van der Waals surface area contributed by atoms with Gasteiger partial charge >= 0.3 is 5.97 Å². The number of amides is 1. The molecule has 2 aromatic rings. The van der Waals surface area contributed by atoms with Crippen molar-refractivity contribution in [2.24, 2.45) is 0 Å². The summed E-state index contributed by atoms with van der Waals surface area (Å²) in [6, 6.07) is 8.50. The summed E-state index contributed by atoms with van der Waals surface area (Å²) >= 11 is 0. The molecule has 144 valence electrons. The van der Waals surface area contributed by atoms with Crippen LogP contribution in [-0.4, -0.2) is 59.4 Å². The number of carbonyl (C=O) groups excluding carboxylic acids is 1. The zero-order valence-electron chi connectivity index (χ0n) is 15.9. The van der Waals surface area contributed by atoms with Crippen molar-refractivity contribution >= 4 is 11.9 Å². The summed E-state index contributed by atoms with van der Waals surface area (Å²) in [6.07, 6.45) is 0.0366. The van der Waals surface area contributed by atoms with E-state index in [9.17, 15) is 14.7 Å². The zero-order chi connectivity index (χ0) is 19.7. The highest BCUT2D eigenvalue weighted by molar-refractivity contribution is 5.98. The first-order valence-electron chi connectivity index (χ1n) is 8.77. The average Bonchev–Trinajstić information content (AvgIpc) is 3.22. The van der Waals surface area contributed by atoms with E-state index < -0.39 is 12.0 Å². The molecule has 1 saturated heterocycles. The van der Waals surface area contributed by atoms with Gasteiger partial charge in [-0.25, -0.2) is 4.79 Å². The molecule has 0 bridgehead atoms. The monoisotopic (exact) mass is 372 g/mol. The van der Waals surface area contributed by atoms with Gasteiger partial charge in [-0.05, 0) is 44.2 Å². The molecule has 2 unspecified atom stereocenters. The van der Waals surface area contributed by atoms with E-state index in [0.717, 1.165) is 22.8 Å². The van der Waals surface area contributed by atoms with Crippen LogP contribution in [0.25, 0.3) is 5.69 Å². The van der Waals surface area contributed by atoms with Crippen molar-refractivity contribution in [3.05, 3.63) is 47.3 Å². The highest BCUT2D eigenvalue weighted by Gasteiger charge is 2.40. The molecule has 1 amide bonds. The molecule has 2 atom stereocenters. The number of benzene rings is 1. The van der Waals surface area contributed by atoms with E-state index in [1.165, 1.54) is 12.0 Å². The van der Waals surface area contributed by atoms with Crippen LogP contribution < -0.4 is 4.74 Å². The lowest BCUT2D eigenvalue weighted by Crippen LogP contribution is -2.40. The second-order valence-corrected chi connectivity index (χ2v) is 6.72. The first-order chi connectivity index (χ1) is 12.9. The number of carboxylic acids is 1. The molecular formula is C20H24N2O5. The van der Waals surface area contributed by atoms with E-state index in [4.69, 9.17) is 9.47 Å². The minimum absolute atomic E-state index is 0.264. The molecule has 7 nitrogen and oxygen atoms in total. The van der Waals surface area contributed by atoms with Crippen LogP contribution in [0, 0.1) is 13.8 Å². The number of carbonyl (C=O) groups is 2. The SMILES string of the molecule is COc1ccc(-n2c(C)cc(C(=O)N3CC(OC)CC3C(=O)O)c2C)cc1. The smallest absolute Gasteiger partial charge is 0.326 e. The summed E-state index contributed by atoms with van der Waals surface area (Å²) in [4.78, 5) is 26.1. The summed E-state index contributed by atoms with van der Waals surface area (Å²) in [6.45, 7) is 4.06. The maximum absolute atomic E-state index is 13.1. The van der Waals surface area contributed by atoms with Crippen LogP contribution in [-0.2, 0) is 9.53 Å². The van der Waals surface area contributed by atoms with Gasteiger partial charge < -0.3 is 24.0 Å². The van der Waals surface area contributed by atoms with Crippen LogP contribution in [0.15, 0.2) is 30.3 Å². The third-order valence-corrected chi connectivity index (χ3v) is 5.13. The number of likely N-dealkylation sites (tertiary alicyclic amines) is 1. The van der Waals surface area contributed by atoms with E-state index in [2.05, 4.69) is 0 Å². The van der Waals surface area contributed by atoms with Crippen LogP contribution in [0.2, 0.25) is 0 Å². The van der Waals surface area contributed by atoms with Gasteiger partial charge in [-0.3, -0.25) is 4.79 Å². The molecule has 7 heteroatoms. The fourth-order valence-electron chi connectivity index (χ4n) is 3.69. The van der Waals surface area contributed by atoms with Gasteiger partial charge in [-0.15, -0.1) is 0 Å².